The number of amides is 3. The fourth-order valence-electron chi connectivity index (χ4n) is 2.55. The number of halogens is 3. The highest BCUT2D eigenvalue weighted by Crippen LogP contribution is 2.15. The lowest BCUT2D eigenvalue weighted by molar-refractivity contribution is -0.173. The van der Waals surface area contributed by atoms with Crippen molar-refractivity contribution in [3.63, 3.8) is 0 Å². The fourth-order valence-corrected chi connectivity index (χ4v) is 2.55. The molecule has 0 saturated carbocycles. The molecule has 0 aromatic rings. The number of nitrogens with one attached hydrogen (secondary N) is 1. The Balaban J connectivity index is 4.98. The third kappa shape index (κ3) is 15.3. The monoisotopic (exact) mass is 484 g/mol. The number of carbonyl (C=O) groups excluding carboxylic acids is 3. The van der Waals surface area contributed by atoms with E-state index in [2.05, 4.69) is 0 Å². The molecular weight excluding hydrogens is 445 g/mol. The summed E-state index contributed by atoms with van der Waals surface area (Å²) in [5.41, 5.74) is 4.12. The van der Waals surface area contributed by atoms with E-state index in [4.69, 9.17) is 15.2 Å². The van der Waals surface area contributed by atoms with Crippen LogP contribution in [0.5, 0.6) is 0 Å². The minimum absolute atomic E-state index is 0.0717. The molecule has 3 amide bonds. The zero-order valence-electron chi connectivity index (χ0n) is 20.5. The third-order valence-corrected chi connectivity index (χ3v) is 3.94. The molecule has 33 heavy (non-hydrogen) atoms. The van der Waals surface area contributed by atoms with Crippen LogP contribution in [0, 0.1) is 0 Å². The highest BCUT2D eigenvalue weighted by atomic mass is 19.4. The zero-order valence-corrected chi connectivity index (χ0v) is 20.5. The van der Waals surface area contributed by atoms with Crippen LogP contribution < -0.4 is 11.1 Å². The summed E-state index contributed by atoms with van der Waals surface area (Å²) in [5.74, 6) is -2.03. The molecule has 0 spiro atoms. The van der Waals surface area contributed by atoms with E-state index in [1.165, 1.54) is 9.80 Å². The molecule has 0 bridgehead atoms. The van der Waals surface area contributed by atoms with E-state index in [0.29, 0.717) is 32.5 Å². The molecule has 194 valence electrons. The Morgan fingerprint density at radius 1 is 0.758 bits per heavy atom. The number of hydrogen-bond acceptors (Lipinski definition) is 6. The molecule has 0 aliphatic heterocycles. The molecule has 3 N–H and O–H groups in total. The summed E-state index contributed by atoms with van der Waals surface area (Å²) >= 11 is 0. The number of nitrogens with two attached hydrogens (primary N) is 1. The lowest BCUT2D eigenvalue weighted by Crippen LogP contribution is -2.42. The van der Waals surface area contributed by atoms with Crippen molar-refractivity contribution in [3.05, 3.63) is 0 Å². The number of nitrogens with zero attached hydrogens (tertiary/aromatic N) is 2. The maximum atomic E-state index is 12.5. The van der Waals surface area contributed by atoms with Gasteiger partial charge in [-0.25, -0.2) is 9.59 Å². The Hall–Kier alpha value is -2.24. The van der Waals surface area contributed by atoms with Crippen molar-refractivity contribution in [2.24, 2.45) is 5.73 Å². The SMILES string of the molecule is CC(C)(C)OC(=O)N(CCCN)CCCN(CCCNC(=O)C(F)(F)F)C(=O)OC(C)(C)C. The Labute approximate surface area is 194 Å². The van der Waals surface area contributed by atoms with Crippen molar-refractivity contribution in [1.82, 2.24) is 15.1 Å². The van der Waals surface area contributed by atoms with Gasteiger partial charge in [-0.15, -0.1) is 0 Å². The van der Waals surface area contributed by atoms with Crippen LogP contribution in [0.2, 0.25) is 0 Å². The lowest BCUT2D eigenvalue weighted by atomic mass is 10.2. The van der Waals surface area contributed by atoms with Gasteiger partial charge in [-0.1, -0.05) is 0 Å². The number of rotatable bonds is 11. The molecule has 0 aliphatic carbocycles. The summed E-state index contributed by atoms with van der Waals surface area (Å²) in [4.78, 5) is 38.8. The standard InChI is InChI=1S/C21H39F3N4O5/c1-19(2,3)32-17(30)27(12-7-10-25)14-9-15-28(18(31)33-20(4,5)6)13-8-11-26-16(29)21(22,23)24/h7-15,25H2,1-6H3,(H,26,29). The van der Waals surface area contributed by atoms with Crippen molar-refractivity contribution in [2.45, 2.75) is 78.2 Å². The molecular formula is C21H39F3N4O5. The molecule has 0 saturated heterocycles. The first kappa shape index (κ1) is 30.8. The smallest absolute Gasteiger partial charge is 0.444 e. The first-order valence-electron chi connectivity index (χ1n) is 11.0. The molecule has 0 unspecified atom stereocenters. The average molecular weight is 485 g/mol. The summed E-state index contributed by atoms with van der Waals surface area (Å²) in [5, 5.41) is 1.78. The van der Waals surface area contributed by atoms with E-state index in [9.17, 15) is 27.6 Å². The predicted molar refractivity (Wildman–Crippen MR) is 118 cm³/mol. The Morgan fingerprint density at radius 3 is 1.52 bits per heavy atom. The van der Waals surface area contributed by atoms with Crippen LogP contribution in [0.1, 0.15) is 60.8 Å². The predicted octanol–water partition coefficient (Wildman–Crippen LogP) is 3.27. The van der Waals surface area contributed by atoms with Gasteiger partial charge in [0.15, 0.2) is 0 Å². The van der Waals surface area contributed by atoms with Crippen molar-refractivity contribution in [1.29, 1.82) is 0 Å². The minimum atomic E-state index is -4.96. The van der Waals surface area contributed by atoms with Crippen LogP contribution in [0.15, 0.2) is 0 Å². The third-order valence-electron chi connectivity index (χ3n) is 3.94. The van der Waals surface area contributed by atoms with Crippen molar-refractivity contribution < 1.29 is 37.0 Å². The van der Waals surface area contributed by atoms with E-state index in [-0.39, 0.29) is 26.1 Å². The first-order valence-corrected chi connectivity index (χ1v) is 11.0. The molecule has 0 fully saturated rings. The van der Waals surface area contributed by atoms with E-state index in [1.54, 1.807) is 46.9 Å². The number of ether oxygens (including phenoxy) is 2. The van der Waals surface area contributed by atoms with Gasteiger partial charge >= 0.3 is 24.3 Å². The van der Waals surface area contributed by atoms with Gasteiger partial charge < -0.3 is 30.3 Å². The molecule has 0 atom stereocenters. The van der Waals surface area contributed by atoms with Gasteiger partial charge in [0.25, 0.3) is 0 Å². The minimum Gasteiger partial charge on any atom is -0.444 e. The van der Waals surface area contributed by atoms with Gasteiger partial charge in [-0.2, -0.15) is 13.2 Å². The summed E-state index contributed by atoms with van der Waals surface area (Å²) in [6, 6.07) is 0. The number of carbonyl (C=O) groups is 3. The maximum absolute atomic E-state index is 12.5. The van der Waals surface area contributed by atoms with Crippen molar-refractivity contribution in [3.8, 4) is 0 Å². The van der Waals surface area contributed by atoms with Gasteiger partial charge in [0.2, 0.25) is 0 Å². The second-order valence-electron chi connectivity index (χ2n) is 9.54. The van der Waals surface area contributed by atoms with Gasteiger partial charge in [0.05, 0.1) is 0 Å². The number of alkyl halides is 3. The molecule has 0 aromatic heterocycles. The van der Waals surface area contributed by atoms with E-state index in [1.807, 2.05) is 0 Å². The van der Waals surface area contributed by atoms with Crippen molar-refractivity contribution >= 4 is 18.1 Å². The Bertz CT molecular complexity index is 631. The van der Waals surface area contributed by atoms with Gasteiger partial charge in [-0.3, -0.25) is 4.79 Å². The highest BCUT2D eigenvalue weighted by molar-refractivity contribution is 5.81. The molecule has 9 nitrogen and oxygen atoms in total. The van der Waals surface area contributed by atoms with Crippen LogP contribution >= 0.6 is 0 Å². The second-order valence-corrected chi connectivity index (χ2v) is 9.54. The summed E-state index contributed by atoms with van der Waals surface area (Å²) in [7, 11) is 0. The second kappa shape index (κ2) is 13.5. The van der Waals surface area contributed by atoms with Crippen LogP contribution in [-0.2, 0) is 14.3 Å². The fraction of sp³-hybridized carbons (Fsp3) is 0.857. The van der Waals surface area contributed by atoms with Gasteiger partial charge in [0, 0.05) is 32.7 Å². The first-order chi connectivity index (χ1) is 15.0. The highest BCUT2D eigenvalue weighted by Gasteiger charge is 2.38. The lowest BCUT2D eigenvalue weighted by Gasteiger charge is -2.30. The molecule has 0 aromatic carbocycles. The van der Waals surface area contributed by atoms with Crippen LogP contribution in [0.4, 0.5) is 22.8 Å². The van der Waals surface area contributed by atoms with Crippen LogP contribution in [-0.4, -0.2) is 84.5 Å². The molecule has 12 heteroatoms. The Morgan fingerprint density at radius 2 is 1.15 bits per heavy atom. The zero-order chi connectivity index (χ0) is 25.9. The number of hydrogen-bond donors (Lipinski definition) is 2. The quantitative estimate of drug-likeness (QED) is 0.435. The Kier molecular flexibility index (Phi) is 12.5. The molecule has 0 heterocycles. The van der Waals surface area contributed by atoms with E-state index >= 15 is 0 Å². The maximum Gasteiger partial charge on any atom is 0.471 e. The summed E-state index contributed by atoms with van der Waals surface area (Å²) in [6.07, 6.45) is -5.01. The summed E-state index contributed by atoms with van der Waals surface area (Å²) in [6.45, 7) is 11.5. The average Bonchev–Trinajstić information content (AvgIpc) is 2.61. The van der Waals surface area contributed by atoms with Gasteiger partial charge in [0.1, 0.15) is 11.2 Å². The normalized spacial score (nSPS) is 12.2. The molecule has 0 aliphatic rings. The van der Waals surface area contributed by atoms with Gasteiger partial charge in [-0.05, 0) is 67.3 Å². The largest absolute Gasteiger partial charge is 0.471 e. The van der Waals surface area contributed by atoms with Crippen LogP contribution in [0.25, 0.3) is 0 Å². The van der Waals surface area contributed by atoms with Crippen molar-refractivity contribution in [2.75, 3.05) is 39.3 Å². The van der Waals surface area contributed by atoms with E-state index < -0.39 is 35.5 Å². The topological polar surface area (TPSA) is 114 Å². The molecule has 0 rings (SSSR count). The molecule has 0 radical (unpaired) electrons. The van der Waals surface area contributed by atoms with Crippen LogP contribution in [0.3, 0.4) is 0 Å². The van der Waals surface area contributed by atoms with E-state index in [0.717, 1.165) is 0 Å². The summed E-state index contributed by atoms with van der Waals surface area (Å²) < 4.78 is 47.7.